The number of benzene rings is 1. The zero-order valence-electron chi connectivity index (χ0n) is 11.2. The summed E-state index contributed by atoms with van der Waals surface area (Å²) in [6.45, 7) is 2.18. The molecule has 3 heteroatoms. The number of unbranched alkanes of at least 4 members (excludes halogenated alkanes) is 1. The van der Waals surface area contributed by atoms with Gasteiger partial charge in [0.25, 0.3) is 0 Å². The Kier molecular flexibility index (Phi) is 6.44. The maximum absolute atomic E-state index is 11.3. The van der Waals surface area contributed by atoms with E-state index < -0.39 is 0 Å². The first-order chi connectivity index (χ1) is 8.65. The van der Waals surface area contributed by atoms with E-state index in [0.717, 1.165) is 31.2 Å². The summed E-state index contributed by atoms with van der Waals surface area (Å²) in [6.07, 6.45) is 6.37. The summed E-state index contributed by atoms with van der Waals surface area (Å²) in [7, 11) is 0. The Hall–Kier alpha value is -1.35. The van der Waals surface area contributed by atoms with Crippen molar-refractivity contribution < 1.29 is 4.79 Å². The summed E-state index contributed by atoms with van der Waals surface area (Å²) < 4.78 is 0. The van der Waals surface area contributed by atoms with Gasteiger partial charge in [-0.25, -0.2) is 0 Å². The van der Waals surface area contributed by atoms with Crippen molar-refractivity contribution in [3.63, 3.8) is 0 Å². The summed E-state index contributed by atoms with van der Waals surface area (Å²) in [5.74, 6) is -0.346. The summed E-state index contributed by atoms with van der Waals surface area (Å²) in [4.78, 5) is 11.3. The third-order valence-electron chi connectivity index (χ3n) is 3.23. The van der Waals surface area contributed by atoms with Crippen molar-refractivity contribution in [3.8, 4) is 0 Å². The van der Waals surface area contributed by atoms with Crippen LogP contribution in [0, 0.1) is 0 Å². The van der Waals surface area contributed by atoms with E-state index in [0.29, 0.717) is 5.56 Å². The van der Waals surface area contributed by atoms with E-state index in [-0.39, 0.29) is 11.9 Å². The minimum Gasteiger partial charge on any atom is -0.366 e. The fraction of sp³-hybridized carbons (Fsp3) is 0.533. The quantitative estimate of drug-likeness (QED) is 0.742. The lowest BCUT2D eigenvalue weighted by Gasteiger charge is -2.11. The first-order valence-electron chi connectivity index (χ1n) is 6.78. The van der Waals surface area contributed by atoms with E-state index in [1.165, 1.54) is 12.8 Å². The normalized spacial score (nSPS) is 12.3. The molecule has 0 saturated carbocycles. The van der Waals surface area contributed by atoms with Crippen molar-refractivity contribution in [1.82, 2.24) is 0 Å². The topological polar surface area (TPSA) is 69.1 Å². The van der Waals surface area contributed by atoms with Gasteiger partial charge in [-0.15, -0.1) is 0 Å². The maximum Gasteiger partial charge on any atom is 0.248 e. The number of rotatable bonds is 8. The molecule has 0 saturated heterocycles. The predicted molar refractivity (Wildman–Crippen MR) is 75.4 cm³/mol. The number of hydrogen-bond acceptors (Lipinski definition) is 2. The third kappa shape index (κ3) is 4.88. The summed E-state index contributed by atoms with van der Waals surface area (Å²) in [5, 5.41) is 0. The van der Waals surface area contributed by atoms with Gasteiger partial charge in [-0.2, -0.15) is 0 Å². The fourth-order valence-electron chi connectivity index (χ4n) is 2.14. The second kappa shape index (κ2) is 7.88. The Morgan fingerprint density at radius 1 is 1.22 bits per heavy atom. The highest BCUT2D eigenvalue weighted by Gasteiger charge is 2.08. The molecule has 0 heterocycles. The molecule has 0 aliphatic rings. The zero-order chi connectivity index (χ0) is 13.4. The smallest absolute Gasteiger partial charge is 0.248 e. The van der Waals surface area contributed by atoms with E-state index >= 15 is 0 Å². The molecule has 0 spiro atoms. The second-order valence-corrected chi connectivity index (χ2v) is 4.82. The molecule has 3 nitrogen and oxygen atoms in total. The largest absolute Gasteiger partial charge is 0.366 e. The van der Waals surface area contributed by atoms with Crippen LogP contribution in [0.2, 0.25) is 0 Å². The molecule has 0 aromatic heterocycles. The molecule has 0 aliphatic heterocycles. The van der Waals surface area contributed by atoms with Crippen LogP contribution in [0.1, 0.15) is 54.9 Å². The molecule has 18 heavy (non-hydrogen) atoms. The Balaban J connectivity index is 2.41. The monoisotopic (exact) mass is 248 g/mol. The second-order valence-electron chi connectivity index (χ2n) is 4.82. The van der Waals surface area contributed by atoms with Gasteiger partial charge in [0.2, 0.25) is 5.91 Å². The van der Waals surface area contributed by atoms with Crippen LogP contribution in [0.4, 0.5) is 0 Å². The molecule has 0 fully saturated rings. The molecule has 1 unspecified atom stereocenters. The lowest BCUT2D eigenvalue weighted by molar-refractivity contribution is 0.0999. The van der Waals surface area contributed by atoms with Gasteiger partial charge < -0.3 is 11.5 Å². The van der Waals surface area contributed by atoms with Crippen LogP contribution in [-0.4, -0.2) is 11.9 Å². The molecule has 1 atom stereocenters. The Labute approximate surface area is 110 Å². The number of nitrogens with two attached hydrogens (primary N) is 2. The standard InChI is InChI=1S/C15H24N2O/c1-2-3-9-13(16)10-6-8-12-7-4-5-11-14(12)15(17)18/h4-5,7,11,13H,2-3,6,8-10,16H2,1H3,(H2,17,18). The van der Waals surface area contributed by atoms with E-state index in [2.05, 4.69) is 6.92 Å². The Morgan fingerprint density at radius 2 is 1.89 bits per heavy atom. The van der Waals surface area contributed by atoms with Gasteiger partial charge in [0.1, 0.15) is 0 Å². The minimum atomic E-state index is -0.346. The molecule has 0 radical (unpaired) electrons. The summed E-state index contributed by atoms with van der Waals surface area (Å²) in [5.41, 5.74) is 13.1. The van der Waals surface area contributed by atoms with E-state index in [1.807, 2.05) is 18.2 Å². The van der Waals surface area contributed by atoms with Crippen LogP contribution in [0.3, 0.4) is 0 Å². The molecular formula is C15H24N2O. The number of carbonyl (C=O) groups excluding carboxylic acids is 1. The van der Waals surface area contributed by atoms with E-state index in [1.54, 1.807) is 6.07 Å². The SMILES string of the molecule is CCCCC(N)CCCc1ccccc1C(N)=O. The summed E-state index contributed by atoms with van der Waals surface area (Å²) in [6, 6.07) is 7.83. The maximum atomic E-state index is 11.3. The van der Waals surface area contributed by atoms with Crippen molar-refractivity contribution in [2.75, 3.05) is 0 Å². The van der Waals surface area contributed by atoms with Crippen molar-refractivity contribution >= 4 is 5.91 Å². The first kappa shape index (κ1) is 14.7. The first-order valence-corrected chi connectivity index (χ1v) is 6.78. The highest BCUT2D eigenvalue weighted by Crippen LogP contribution is 2.13. The van der Waals surface area contributed by atoms with Crippen molar-refractivity contribution in [2.45, 2.75) is 51.5 Å². The minimum absolute atomic E-state index is 0.283. The molecule has 0 aliphatic carbocycles. The zero-order valence-corrected chi connectivity index (χ0v) is 11.2. The molecule has 1 rings (SSSR count). The lowest BCUT2D eigenvalue weighted by atomic mass is 9.98. The number of hydrogen-bond donors (Lipinski definition) is 2. The number of amides is 1. The van der Waals surface area contributed by atoms with Crippen LogP contribution in [0.5, 0.6) is 0 Å². The number of aryl methyl sites for hydroxylation is 1. The van der Waals surface area contributed by atoms with Crippen molar-refractivity contribution in [3.05, 3.63) is 35.4 Å². The molecule has 0 bridgehead atoms. The number of primary amides is 1. The van der Waals surface area contributed by atoms with Gasteiger partial charge in [0.05, 0.1) is 0 Å². The van der Waals surface area contributed by atoms with Crippen molar-refractivity contribution in [1.29, 1.82) is 0 Å². The Morgan fingerprint density at radius 3 is 2.56 bits per heavy atom. The van der Waals surface area contributed by atoms with E-state index in [9.17, 15) is 4.79 Å². The predicted octanol–water partition coefficient (Wildman–Crippen LogP) is 2.63. The number of carbonyl (C=O) groups is 1. The highest BCUT2D eigenvalue weighted by molar-refractivity contribution is 5.94. The molecule has 1 aromatic carbocycles. The van der Waals surface area contributed by atoms with Gasteiger partial charge in [0, 0.05) is 11.6 Å². The van der Waals surface area contributed by atoms with Crippen LogP contribution in [-0.2, 0) is 6.42 Å². The Bertz CT molecular complexity index is 377. The van der Waals surface area contributed by atoms with Gasteiger partial charge in [-0.1, -0.05) is 38.0 Å². The van der Waals surface area contributed by atoms with Gasteiger partial charge in [-0.3, -0.25) is 4.79 Å². The fourth-order valence-corrected chi connectivity index (χ4v) is 2.14. The van der Waals surface area contributed by atoms with Crippen LogP contribution in [0.15, 0.2) is 24.3 Å². The molecule has 1 aromatic rings. The van der Waals surface area contributed by atoms with Crippen LogP contribution < -0.4 is 11.5 Å². The van der Waals surface area contributed by atoms with Crippen LogP contribution in [0.25, 0.3) is 0 Å². The van der Waals surface area contributed by atoms with Gasteiger partial charge >= 0.3 is 0 Å². The van der Waals surface area contributed by atoms with Gasteiger partial charge in [-0.05, 0) is 37.3 Å². The average Bonchev–Trinajstić information content (AvgIpc) is 2.36. The molecule has 100 valence electrons. The molecule has 4 N–H and O–H groups in total. The van der Waals surface area contributed by atoms with E-state index in [4.69, 9.17) is 11.5 Å². The third-order valence-corrected chi connectivity index (χ3v) is 3.23. The van der Waals surface area contributed by atoms with Crippen LogP contribution >= 0.6 is 0 Å². The average molecular weight is 248 g/mol. The van der Waals surface area contributed by atoms with Gasteiger partial charge in [0.15, 0.2) is 0 Å². The lowest BCUT2D eigenvalue weighted by Crippen LogP contribution is -2.20. The highest BCUT2D eigenvalue weighted by atomic mass is 16.1. The summed E-state index contributed by atoms with van der Waals surface area (Å²) >= 11 is 0. The molecule has 1 amide bonds. The molecular weight excluding hydrogens is 224 g/mol. The van der Waals surface area contributed by atoms with Crippen molar-refractivity contribution in [2.24, 2.45) is 11.5 Å².